The molecule has 0 aliphatic heterocycles. The van der Waals surface area contributed by atoms with Crippen molar-refractivity contribution in [2.75, 3.05) is 6.61 Å². The number of benzene rings is 1. The summed E-state index contributed by atoms with van der Waals surface area (Å²) < 4.78 is 6.34. The number of rotatable bonds is 5. The van der Waals surface area contributed by atoms with Crippen LogP contribution in [0, 0.1) is 0 Å². The molecule has 0 radical (unpaired) electrons. The van der Waals surface area contributed by atoms with Crippen molar-refractivity contribution >= 4 is 15.9 Å². The molecule has 1 rings (SSSR count). The van der Waals surface area contributed by atoms with Crippen molar-refractivity contribution in [1.82, 2.24) is 5.32 Å². The summed E-state index contributed by atoms with van der Waals surface area (Å²) in [6.45, 7) is 11.6. The summed E-state index contributed by atoms with van der Waals surface area (Å²) in [5.74, 6) is 0.866. The van der Waals surface area contributed by atoms with Crippen molar-refractivity contribution < 1.29 is 4.74 Å². The summed E-state index contributed by atoms with van der Waals surface area (Å²) in [6.07, 6.45) is 0. The molecule has 0 unspecified atom stereocenters. The molecule has 1 aromatic carbocycles. The van der Waals surface area contributed by atoms with Gasteiger partial charge in [0.15, 0.2) is 0 Å². The number of hydrogen-bond acceptors (Lipinski definition) is 2. The van der Waals surface area contributed by atoms with E-state index in [4.69, 9.17) is 4.74 Å². The molecule has 1 aromatic rings. The first-order valence-corrected chi connectivity index (χ1v) is 6.46. The van der Waals surface area contributed by atoms with Gasteiger partial charge >= 0.3 is 0 Å². The average molecular weight is 298 g/mol. The monoisotopic (exact) mass is 297 g/mol. The van der Waals surface area contributed by atoms with Crippen LogP contribution >= 0.6 is 15.9 Å². The molecule has 0 aliphatic rings. The standard InChI is InChI=1S/C14H20BrNO/c1-11(15)10-17-13-7-5-12(6-8-13)9-16-14(2,3)4/h5-8,16H,1,9-10H2,2-4H3. The molecular formula is C14H20BrNO. The number of hydrogen-bond donors (Lipinski definition) is 1. The lowest BCUT2D eigenvalue weighted by molar-refractivity contribution is 0.360. The summed E-state index contributed by atoms with van der Waals surface area (Å²) >= 11 is 3.26. The molecule has 0 saturated carbocycles. The molecule has 1 N–H and O–H groups in total. The first-order chi connectivity index (χ1) is 7.87. The Hall–Kier alpha value is -0.800. The van der Waals surface area contributed by atoms with E-state index in [0.717, 1.165) is 16.8 Å². The SMILES string of the molecule is C=C(Br)COc1ccc(CNC(C)(C)C)cc1. The predicted octanol–water partition coefficient (Wildman–Crippen LogP) is 3.86. The molecule has 0 bridgehead atoms. The second-order valence-electron chi connectivity index (χ2n) is 5.05. The maximum Gasteiger partial charge on any atom is 0.119 e. The highest BCUT2D eigenvalue weighted by molar-refractivity contribution is 9.11. The van der Waals surface area contributed by atoms with Gasteiger partial charge in [-0.25, -0.2) is 0 Å². The Morgan fingerprint density at radius 3 is 2.35 bits per heavy atom. The normalized spacial score (nSPS) is 11.3. The van der Waals surface area contributed by atoms with Crippen LogP contribution in [-0.2, 0) is 6.54 Å². The van der Waals surface area contributed by atoms with E-state index in [0.29, 0.717) is 6.61 Å². The Bertz CT molecular complexity index is 365. The molecule has 0 aromatic heterocycles. The van der Waals surface area contributed by atoms with E-state index < -0.39 is 0 Å². The Morgan fingerprint density at radius 1 is 1.29 bits per heavy atom. The molecular weight excluding hydrogens is 278 g/mol. The van der Waals surface area contributed by atoms with E-state index in [-0.39, 0.29) is 5.54 Å². The molecule has 0 heterocycles. The van der Waals surface area contributed by atoms with Gasteiger partial charge in [0.25, 0.3) is 0 Å². The van der Waals surface area contributed by atoms with Gasteiger partial charge in [0.1, 0.15) is 12.4 Å². The largest absolute Gasteiger partial charge is 0.488 e. The van der Waals surface area contributed by atoms with Crippen molar-refractivity contribution in [3.05, 3.63) is 40.9 Å². The van der Waals surface area contributed by atoms with Crippen molar-refractivity contribution in [3.8, 4) is 5.75 Å². The summed E-state index contributed by atoms with van der Waals surface area (Å²) in [5.41, 5.74) is 1.40. The molecule has 0 amide bonds. The third-order valence-corrected chi connectivity index (χ3v) is 2.37. The minimum absolute atomic E-state index is 0.142. The van der Waals surface area contributed by atoms with E-state index in [1.165, 1.54) is 5.56 Å². The minimum Gasteiger partial charge on any atom is -0.488 e. The van der Waals surface area contributed by atoms with Gasteiger partial charge in [0.05, 0.1) is 0 Å². The topological polar surface area (TPSA) is 21.3 Å². The zero-order valence-electron chi connectivity index (χ0n) is 10.7. The molecule has 2 nitrogen and oxygen atoms in total. The van der Waals surface area contributed by atoms with Crippen LogP contribution < -0.4 is 10.1 Å². The third-order valence-electron chi connectivity index (χ3n) is 2.14. The summed E-state index contributed by atoms with van der Waals surface area (Å²) in [5, 5.41) is 3.45. The van der Waals surface area contributed by atoms with Crippen LogP contribution in [0.4, 0.5) is 0 Å². The van der Waals surface area contributed by atoms with Crippen LogP contribution in [0.1, 0.15) is 26.3 Å². The van der Waals surface area contributed by atoms with Crippen LogP contribution in [0.5, 0.6) is 5.75 Å². The quantitative estimate of drug-likeness (QED) is 0.891. The fourth-order valence-corrected chi connectivity index (χ4v) is 1.35. The zero-order chi connectivity index (χ0) is 12.9. The van der Waals surface area contributed by atoms with Gasteiger partial charge in [-0.15, -0.1) is 0 Å². The Morgan fingerprint density at radius 2 is 1.88 bits per heavy atom. The second kappa shape index (κ2) is 6.22. The van der Waals surface area contributed by atoms with Gasteiger partial charge < -0.3 is 10.1 Å². The number of nitrogens with one attached hydrogen (secondary N) is 1. The Labute approximate surface area is 112 Å². The fourth-order valence-electron chi connectivity index (χ4n) is 1.23. The summed E-state index contributed by atoms with van der Waals surface area (Å²) in [6, 6.07) is 8.11. The molecule has 0 fully saturated rings. The smallest absolute Gasteiger partial charge is 0.119 e. The number of ether oxygens (including phenoxy) is 1. The van der Waals surface area contributed by atoms with Gasteiger partial charge in [-0.2, -0.15) is 0 Å². The fraction of sp³-hybridized carbons (Fsp3) is 0.429. The molecule has 0 spiro atoms. The van der Waals surface area contributed by atoms with Crippen molar-refractivity contribution in [1.29, 1.82) is 0 Å². The Kier molecular flexibility index (Phi) is 5.22. The molecule has 3 heteroatoms. The van der Waals surface area contributed by atoms with Gasteiger partial charge in [-0.3, -0.25) is 0 Å². The van der Waals surface area contributed by atoms with Gasteiger partial charge in [0, 0.05) is 16.6 Å². The highest BCUT2D eigenvalue weighted by atomic mass is 79.9. The van der Waals surface area contributed by atoms with Crippen LogP contribution in [0.3, 0.4) is 0 Å². The molecule has 0 atom stereocenters. The van der Waals surface area contributed by atoms with Crippen LogP contribution in [0.15, 0.2) is 35.3 Å². The summed E-state index contributed by atoms with van der Waals surface area (Å²) in [7, 11) is 0. The van der Waals surface area contributed by atoms with E-state index >= 15 is 0 Å². The number of halogens is 1. The maximum absolute atomic E-state index is 5.50. The van der Waals surface area contributed by atoms with E-state index in [9.17, 15) is 0 Å². The van der Waals surface area contributed by atoms with Crippen LogP contribution in [-0.4, -0.2) is 12.1 Å². The van der Waals surface area contributed by atoms with Crippen molar-refractivity contribution in [3.63, 3.8) is 0 Å². The Balaban J connectivity index is 2.47. The maximum atomic E-state index is 5.50. The van der Waals surface area contributed by atoms with E-state index in [1.807, 2.05) is 12.1 Å². The van der Waals surface area contributed by atoms with E-state index in [1.54, 1.807) is 0 Å². The predicted molar refractivity (Wildman–Crippen MR) is 76.6 cm³/mol. The first kappa shape index (κ1) is 14.3. The molecule has 94 valence electrons. The zero-order valence-corrected chi connectivity index (χ0v) is 12.3. The molecule has 0 aliphatic carbocycles. The van der Waals surface area contributed by atoms with Crippen molar-refractivity contribution in [2.24, 2.45) is 0 Å². The average Bonchev–Trinajstić information content (AvgIpc) is 2.24. The molecule has 17 heavy (non-hydrogen) atoms. The van der Waals surface area contributed by atoms with Gasteiger partial charge in [0.2, 0.25) is 0 Å². The lowest BCUT2D eigenvalue weighted by Crippen LogP contribution is -2.35. The summed E-state index contributed by atoms with van der Waals surface area (Å²) in [4.78, 5) is 0. The highest BCUT2D eigenvalue weighted by Crippen LogP contribution is 2.14. The highest BCUT2D eigenvalue weighted by Gasteiger charge is 2.08. The first-order valence-electron chi connectivity index (χ1n) is 5.67. The second-order valence-corrected chi connectivity index (χ2v) is 6.17. The van der Waals surface area contributed by atoms with Crippen molar-refractivity contribution in [2.45, 2.75) is 32.9 Å². The van der Waals surface area contributed by atoms with Gasteiger partial charge in [-0.1, -0.05) is 34.6 Å². The lowest BCUT2D eigenvalue weighted by Gasteiger charge is -2.20. The molecule has 0 saturated heterocycles. The lowest BCUT2D eigenvalue weighted by atomic mass is 10.1. The van der Waals surface area contributed by atoms with E-state index in [2.05, 4.69) is 60.7 Å². The van der Waals surface area contributed by atoms with Crippen LogP contribution in [0.2, 0.25) is 0 Å². The minimum atomic E-state index is 0.142. The van der Waals surface area contributed by atoms with Gasteiger partial charge in [-0.05, 0) is 38.5 Å². The van der Waals surface area contributed by atoms with Crippen LogP contribution in [0.25, 0.3) is 0 Å². The third kappa shape index (κ3) is 6.49.